The Morgan fingerprint density at radius 2 is 1.83 bits per heavy atom. The summed E-state index contributed by atoms with van der Waals surface area (Å²) in [7, 11) is 4.08. The highest BCUT2D eigenvalue weighted by molar-refractivity contribution is 6.30. The third-order valence-corrected chi connectivity index (χ3v) is 5.69. The van der Waals surface area contributed by atoms with Gasteiger partial charge in [-0.2, -0.15) is 0 Å². The predicted octanol–water partition coefficient (Wildman–Crippen LogP) is 3.74. The van der Waals surface area contributed by atoms with Crippen LogP contribution in [0.15, 0.2) is 59.0 Å². The molecule has 2 heterocycles. The average molecular weight is 425 g/mol. The van der Waals surface area contributed by atoms with Crippen molar-refractivity contribution in [3.63, 3.8) is 0 Å². The fourth-order valence-electron chi connectivity index (χ4n) is 3.98. The summed E-state index contributed by atoms with van der Waals surface area (Å²) in [5, 5.41) is 9.25. The number of amides is 1. The van der Waals surface area contributed by atoms with Crippen molar-refractivity contribution < 1.29 is 9.21 Å². The van der Waals surface area contributed by atoms with Crippen molar-refractivity contribution in [2.75, 3.05) is 33.7 Å². The van der Waals surface area contributed by atoms with Crippen LogP contribution in [0, 0.1) is 5.92 Å². The molecule has 1 aromatic heterocycles. The number of aromatic nitrogens is 2. The zero-order valence-electron chi connectivity index (χ0n) is 17.2. The molecule has 6 nitrogen and oxygen atoms in total. The monoisotopic (exact) mass is 424 g/mol. The predicted molar refractivity (Wildman–Crippen MR) is 116 cm³/mol. The van der Waals surface area contributed by atoms with E-state index >= 15 is 0 Å². The average Bonchev–Trinajstić information content (AvgIpc) is 3.37. The van der Waals surface area contributed by atoms with Gasteiger partial charge in [0.15, 0.2) is 0 Å². The summed E-state index contributed by atoms with van der Waals surface area (Å²) in [6, 6.07) is 17.2. The van der Waals surface area contributed by atoms with Gasteiger partial charge in [0.2, 0.25) is 17.7 Å². The molecule has 1 saturated heterocycles. The topological polar surface area (TPSA) is 62.5 Å². The van der Waals surface area contributed by atoms with Crippen molar-refractivity contribution >= 4 is 17.5 Å². The molecule has 2 aromatic carbocycles. The lowest BCUT2D eigenvalue weighted by molar-refractivity contribution is -0.129. The molecule has 0 aliphatic carbocycles. The lowest BCUT2D eigenvalue weighted by Crippen LogP contribution is -2.31. The van der Waals surface area contributed by atoms with Crippen LogP contribution in [0.3, 0.4) is 0 Å². The number of carbonyl (C=O) groups excluding carboxylic acids is 1. The molecule has 3 aromatic rings. The molecule has 4 rings (SSSR count). The lowest BCUT2D eigenvalue weighted by atomic mass is 9.95. The van der Waals surface area contributed by atoms with Gasteiger partial charge in [-0.1, -0.05) is 41.9 Å². The molecule has 2 atom stereocenters. The Labute approximate surface area is 181 Å². The zero-order chi connectivity index (χ0) is 21.1. The molecule has 0 N–H and O–H groups in total. The van der Waals surface area contributed by atoms with Crippen LogP contribution in [0.2, 0.25) is 5.02 Å². The highest BCUT2D eigenvalue weighted by Gasteiger charge is 2.39. The van der Waals surface area contributed by atoms with Crippen molar-refractivity contribution in [2.24, 2.45) is 5.92 Å². The summed E-state index contributed by atoms with van der Waals surface area (Å²) in [6.07, 6.45) is 0.359. The normalized spacial score (nSPS) is 18.9. The number of hydrogen-bond donors (Lipinski definition) is 0. The van der Waals surface area contributed by atoms with Crippen LogP contribution >= 0.6 is 11.6 Å². The summed E-state index contributed by atoms with van der Waals surface area (Å²) in [5.41, 5.74) is 1.86. The first-order valence-electron chi connectivity index (χ1n) is 10.1. The summed E-state index contributed by atoms with van der Waals surface area (Å²) < 4.78 is 6.03. The minimum atomic E-state index is 0.0199. The Kier molecular flexibility index (Phi) is 6.16. The number of likely N-dealkylation sites (tertiary alicyclic amines) is 1. The van der Waals surface area contributed by atoms with Gasteiger partial charge in [0, 0.05) is 36.1 Å². The maximum Gasteiger partial charge on any atom is 0.247 e. The molecule has 1 fully saturated rings. The summed E-state index contributed by atoms with van der Waals surface area (Å²) in [5.74, 6) is 1.47. The second kappa shape index (κ2) is 8.98. The summed E-state index contributed by atoms with van der Waals surface area (Å²) >= 11 is 5.95. The largest absolute Gasteiger partial charge is 0.420 e. The Hall–Kier alpha value is -2.70. The minimum Gasteiger partial charge on any atom is -0.420 e. The van der Waals surface area contributed by atoms with E-state index in [0.717, 1.165) is 17.7 Å². The number of carbonyl (C=O) groups is 1. The standard InChI is InChI=1S/C23H25ClN4O2/c1-27(2)13-18-14-28(21(29)12-16-8-10-19(24)11-9-16)15-20(18)23-26-25-22(30-23)17-6-4-3-5-7-17/h3-11,18,20H,12-15H2,1-2H3/t18-,20-/m0/s1. The SMILES string of the molecule is CN(C)C[C@H]1CN(C(=O)Cc2ccc(Cl)cc2)C[C@@H]1c1nnc(-c2ccccc2)o1. The maximum absolute atomic E-state index is 12.9. The van der Waals surface area contributed by atoms with Crippen LogP contribution in [0.1, 0.15) is 17.4 Å². The molecule has 30 heavy (non-hydrogen) atoms. The van der Waals surface area contributed by atoms with Crippen molar-refractivity contribution in [3.8, 4) is 11.5 Å². The first kappa shape index (κ1) is 20.6. The van der Waals surface area contributed by atoms with Gasteiger partial charge < -0.3 is 14.2 Å². The van der Waals surface area contributed by atoms with Crippen molar-refractivity contribution in [3.05, 3.63) is 71.1 Å². The fourth-order valence-corrected chi connectivity index (χ4v) is 4.11. The first-order chi connectivity index (χ1) is 14.5. The van der Waals surface area contributed by atoms with Gasteiger partial charge in [-0.15, -0.1) is 10.2 Å². The van der Waals surface area contributed by atoms with E-state index in [1.54, 1.807) is 0 Å². The van der Waals surface area contributed by atoms with Gasteiger partial charge >= 0.3 is 0 Å². The maximum atomic E-state index is 12.9. The summed E-state index contributed by atoms with van der Waals surface area (Å²) in [4.78, 5) is 17.0. The van der Waals surface area contributed by atoms with Gasteiger partial charge in [0.1, 0.15) is 0 Å². The van der Waals surface area contributed by atoms with Crippen LogP contribution < -0.4 is 0 Å². The van der Waals surface area contributed by atoms with E-state index in [4.69, 9.17) is 16.0 Å². The van der Waals surface area contributed by atoms with Crippen LogP contribution in [0.5, 0.6) is 0 Å². The van der Waals surface area contributed by atoms with Crippen molar-refractivity contribution in [2.45, 2.75) is 12.3 Å². The second-order valence-electron chi connectivity index (χ2n) is 8.04. The van der Waals surface area contributed by atoms with E-state index in [-0.39, 0.29) is 17.7 Å². The smallest absolute Gasteiger partial charge is 0.247 e. The highest BCUT2D eigenvalue weighted by atomic mass is 35.5. The van der Waals surface area contributed by atoms with Crippen LogP contribution in [-0.4, -0.2) is 59.6 Å². The lowest BCUT2D eigenvalue weighted by Gasteiger charge is -2.19. The number of benzene rings is 2. The Bertz CT molecular complexity index is 988. The molecule has 1 aliphatic heterocycles. The fraction of sp³-hybridized carbons (Fsp3) is 0.348. The molecule has 156 valence electrons. The van der Waals surface area contributed by atoms with E-state index in [2.05, 4.69) is 15.1 Å². The van der Waals surface area contributed by atoms with Crippen LogP contribution in [-0.2, 0) is 11.2 Å². The van der Waals surface area contributed by atoms with Crippen LogP contribution in [0.4, 0.5) is 0 Å². The highest BCUT2D eigenvalue weighted by Crippen LogP contribution is 2.34. The molecular formula is C23H25ClN4O2. The Balaban J connectivity index is 1.51. The molecule has 0 bridgehead atoms. The minimum absolute atomic E-state index is 0.0199. The van der Waals surface area contributed by atoms with E-state index < -0.39 is 0 Å². The third-order valence-electron chi connectivity index (χ3n) is 5.44. The van der Waals surface area contributed by atoms with Crippen molar-refractivity contribution in [1.29, 1.82) is 0 Å². The quantitative estimate of drug-likeness (QED) is 0.603. The number of halogens is 1. The van der Waals surface area contributed by atoms with E-state index in [1.807, 2.05) is 73.6 Å². The van der Waals surface area contributed by atoms with E-state index in [9.17, 15) is 4.79 Å². The molecule has 0 radical (unpaired) electrons. The Morgan fingerprint density at radius 3 is 2.53 bits per heavy atom. The van der Waals surface area contributed by atoms with Gasteiger partial charge in [-0.3, -0.25) is 4.79 Å². The van der Waals surface area contributed by atoms with E-state index in [0.29, 0.717) is 36.3 Å². The third kappa shape index (κ3) is 4.71. The number of rotatable bonds is 6. The first-order valence-corrected chi connectivity index (χ1v) is 10.4. The molecule has 0 spiro atoms. The molecule has 1 aliphatic rings. The van der Waals surface area contributed by atoms with Crippen molar-refractivity contribution in [1.82, 2.24) is 20.0 Å². The number of hydrogen-bond acceptors (Lipinski definition) is 5. The zero-order valence-corrected chi connectivity index (χ0v) is 17.9. The Morgan fingerprint density at radius 1 is 1.10 bits per heavy atom. The van der Waals surface area contributed by atoms with Gasteiger partial charge in [-0.05, 0) is 43.9 Å². The van der Waals surface area contributed by atoms with Crippen LogP contribution in [0.25, 0.3) is 11.5 Å². The number of nitrogens with zero attached hydrogens (tertiary/aromatic N) is 4. The van der Waals surface area contributed by atoms with E-state index in [1.165, 1.54) is 0 Å². The molecule has 0 unspecified atom stereocenters. The summed E-state index contributed by atoms with van der Waals surface area (Å²) in [6.45, 7) is 2.11. The molecule has 0 saturated carbocycles. The molecule has 7 heteroatoms. The molecular weight excluding hydrogens is 400 g/mol. The van der Waals surface area contributed by atoms with Gasteiger partial charge in [-0.25, -0.2) is 0 Å². The molecule has 1 amide bonds. The second-order valence-corrected chi connectivity index (χ2v) is 8.48. The van der Waals surface area contributed by atoms with Gasteiger partial charge in [0.25, 0.3) is 0 Å². The van der Waals surface area contributed by atoms with Gasteiger partial charge in [0.05, 0.1) is 12.3 Å².